The summed E-state index contributed by atoms with van der Waals surface area (Å²) in [6.07, 6.45) is 1.81. The molecule has 0 aliphatic heterocycles. The molecule has 0 aliphatic rings. The van der Waals surface area contributed by atoms with Gasteiger partial charge in [-0.3, -0.25) is 9.59 Å². The summed E-state index contributed by atoms with van der Waals surface area (Å²) >= 11 is 2.80. The highest BCUT2D eigenvalue weighted by Gasteiger charge is 2.16. The van der Waals surface area contributed by atoms with E-state index < -0.39 is 11.7 Å². The quantitative estimate of drug-likeness (QED) is 0.192. The number of benzene rings is 3. The van der Waals surface area contributed by atoms with Crippen molar-refractivity contribution in [2.24, 2.45) is 0 Å². The minimum Gasteiger partial charge on any atom is -0.491 e. The van der Waals surface area contributed by atoms with Gasteiger partial charge in [-0.2, -0.15) is 0 Å². The van der Waals surface area contributed by atoms with Gasteiger partial charge in [-0.1, -0.05) is 55.4 Å². The van der Waals surface area contributed by atoms with Crippen LogP contribution in [0.1, 0.15) is 55.6 Å². The fourth-order valence-electron chi connectivity index (χ4n) is 3.93. The van der Waals surface area contributed by atoms with E-state index >= 15 is 0 Å². The van der Waals surface area contributed by atoms with Gasteiger partial charge in [-0.15, -0.1) is 11.3 Å². The van der Waals surface area contributed by atoms with Gasteiger partial charge in [0.05, 0.1) is 33.7 Å². The van der Waals surface area contributed by atoms with Crippen molar-refractivity contribution in [3.63, 3.8) is 0 Å². The lowest BCUT2D eigenvalue weighted by Crippen LogP contribution is -2.28. The predicted molar refractivity (Wildman–Crippen MR) is 153 cm³/mol. The number of carbonyl (C=O) groups is 2. The lowest BCUT2D eigenvalue weighted by atomic mass is 10.1. The van der Waals surface area contributed by atoms with E-state index in [1.54, 1.807) is 24.3 Å². The largest absolute Gasteiger partial charge is 0.491 e. The molecule has 2 N–H and O–H groups in total. The average molecular weight is 552 g/mol. The van der Waals surface area contributed by atoms with Crippen LogP contribution in [-0.4, -0.2) is 28.7 Å². The highest BCUT2D eigenvalue weighted by molar-refractivity contribution is 8.01. The van der Waals surface area contributed by atoms with Crippen LogP contribution in [0.25, 0.3) is 10.2 Å². The van der Waals surface area contributed by atoms with Crippen molar-refractivity contribution in [1.29, 1.82) is 0 Å². The topological polar surface area (TPSA) is 80.3 Å². The first-order chi connectivity index (χ1) is 18.3. The number of thiazole rings is 1. The Morgan fingerprint density at radius 3 is 2.61 bits per heavy atom. The van der Waals surface area contributed by atoms with E-state index in [1.165, 1.54) is 35.2 Å². The highest BCUT2D eigenvalue weighted by atomic mass is 32.2. The van der Waals surface area contributed by atoms with E-state index in [0.717, 1.165) is 33.0 Å². The van der Waals surface area contributed by atoms with Crippen molar-refractivity contribution in [2.45, 2.75) is 50.1 Å². The number of amides is 2. The molecule has 0 fully saturated rings. The van der Waals surface area contributed by atoms with Gasteiger partial charge in [0.2, 0.25) is 5.91 Å². The summed E-state index contributed by atoms with van der Waals surface area (Å²) in [4.78, 5) is 29.7. The van der Waals surface area contributed by atoms with Crippen LogP contribution in [0.15, 0.2) is 71.1 Å². The number of hydrogen-bond acceptors (Lipinski definition) is 6. The molecule has 0 bridgehead atoms. The van der Waals surface area contributed by atoms with Crippen LogP contribution in [-0.2, 0) is 4.79 Å². The molecule has 198 valence electrons. The monoisotopic (exact) mass is 551 g/mol. The third kappa shape index (κ3) is 7.33. The Labute approximate surface area is 230 Å². The number of ether oxygens (including phenoxy) is 1. The van der Waals surface area contributed by atoms with Gasteiger partial charge in [-0.05, 0) is 56.2 Å². The van der Waals surface area contributed by atoms with Gasteiger partial charge in [0.15, 0.2) is 4.34 Å². The minimum absolute atomic E-state index is 0.0273. The maximum absolute atomic E-state index is 14.6. The van der Waals surface area contributed by atoms with Gasteiger partial charge in [0.25, 0.3) is 5.91 Å². The third-order valence-electron chi connectivity index (χ3n) is 5.85. The molecule has 2 amide bonds. The second-order valence-electron chi connectivity index (χ2n) is 8.96. The maximum atomic E-state index is 14.6. The number of anilines is 1. The number of fused-ring (bicyclic) bond motifs is 1. The first-order valence-electron chi connectivity index (χ1n) is 12.5. The molecule has 2 atom stereocenters. The van der Waals surface area contributed by atoms with Crippen molar-refractivity contribution in [2.75, 3.05) is 11.1 Å². The van der Waals surface area contributed by atoms with Crippen LogP contribution in [0.3, 0.4) is 0 Å². The smallest absolute Gasteiger partial charge is 0.258 e. The fraction of sp³-hybridized carbons (Fsp3) is 0.276. The summed E-state index contributed by atoms with van der Waals surface area (Å²) in [5.74, 6) is -0.604. The molecule has 0 spiro atoms. The molecule has 6 nitrogen and oxygen atoms in total. The highest BCUT2D eigenvalue weighted by Crippen LogP contribution is 2.31. The Kier molecular flexibility index (Phi) is 9.36. The van der Waals surface area contributed by atoms with Crippen molar-refractivity contribution >= 4 is 50.8 Å². The Balaban J connectivity index is 1.35. The van der Waals surface area contributed by atoms with Crippen LogP contribution in [0.5, 0.6) is 5.75 Å². The number of halogens is 1. The number of hydrogen-bond donors (Lipinski definition) is 2. The molecule has 0 aliphatic carbocycles. The zero-order valence-electron chi connectivity index (χ0n) is 21.5. The molecule has 1 unspecified atom stereocenters. The second kappa shape index (κ2) is 12.9. The van der Waals surface area contributed by atoms with Gasteiger partial charge in [0, 0.05) is 11.8 Å². The number of thioether (sulfide) groups is 1. The molecule has 0 saturated heterocycles. The van der Waals surface area contributed by atoms with E-state index in [1.807, 2.05) is 44.2 Å². The Morgan fingerprint density at radius 2 is 1.87 bits per heavy atom. The molecule has 38 heavy (non-hydrogen) atoms. The normalized spacial score (nSPS) is 12.6. The Bertz CT molecular complexity index is 1410. The van der Waals surface area contributed by atoms with Crippen molar-refractivity contribution in [1.82, 2.24) is 10.3 Å². The number of carbonyl (C=O) groups excluding carboxylic acids is 2. The molecule has 3 aromatic carbocycles. The van der Waals surface area contributed by atoms with E-state index in [2.05, 4.69) is 22.5 Å². The lowest BCUT2D eigenvalue weighted by molar-refractivity contribution is -0.119. The first kappa shape index (κ1) is 27.6. The van der Waals surface area contributed by atoms with Crippen molar-refractivity contribution < 1.29 is 18.7 Å². The standard InChI is InChI=1S/C29H30FN3O3S2/c1-4-8-18(2)36-22-12-13-23(24(30)16-22)28(35)32-21-11-14-25-26(15-21)38-29(33-25)37-17-27(34)31-19(3)20-9-6-5-7-10-20/h5-7,9-16,18-19H,4,8,17H2,1-3H3,(H,31,34)(H,32,35)/t18?,19-/m0/s1. The molecular weight excluding hydrogens is 521 g/mol. The summed E-state index contributed by atoms with van der Waals surface area (Å²) in [6, 6.07) is 19.3. The molecule has 4 aromatic rings. The maximum Gasteiger partial charge on any atom is 0.258 e. The SMILES string of the molecule is CCCC(C)Oc1ccc(C(=O)Nc2ccc3nc(SCC(=O)N[C@@H](C)c4ccccc4)sc3c2)c(F)c1. The van der Waals surface area contributed by atoms with Gasteiger partial charge >= 0.3 is 0 Å². The van der Waals surface area contributed by atoms with E-state index in [4.69, 9.17) is 4.74 Å². The number of nitrogens with one attached hydrogen (secondary N) is 2. The van der Waals surface area contributed by atoms with Gasteiger partial charge in [-0.25, -0.2) is 9.37 Å². The van der Waals surface area contributed by atoms with Crippen LogP contribution >= 0.6 is 23.1 Å². The zero-order valence-corrected chi connectivity index (χ0v) is 23.1. The van der Waals surface area contributed by atoms with Crippen LogP contribution in [0, 0.1) is 5.82 Å². The molecule has 0 saturated carbocycles. The molecule has 1 aromatic heterocycles. The van der Waals surface area contributed by atoms with Crippen molar-refractivity contribution in [3.8, 4) is 5.75 Å². The van der Waals surface area contributed by atoms with Crippen LogP contribution < -0.4 is 15.4 Å². The number of aromatic nitrogens is 1. The summed E-state index contributed by atoms with van der Waals surface area (Å²) in [5.41, 5.74) is 2.29. The molecule has 0 radical (unpaired) electrons. The molecule has 1 heterocycles. The second-order valence-corrected chi connectivity index (χ2v) is 11.2. The molecule has 4 rings (SSSR count). The summed E-state index contributed by atoms with van der Waals surface area (Å²) in [6.45, 7) is 5.94. The fourth-order valence-corrected chi connectivity index (χ4v) is 5.85. The Morgan fingerprint density at radius 1 is 1.08 bits per heavy atom. The summed E-state index contributed by atoms with van der Waals surface area (Å²) < 4.78 is 22.0. The Hall–Kier alpha value is -3.43. The van der Waals surface area contributed by atoms with Gasteiger partial charge in [0.1, 0.15) is 11.6 Å². The molecular formula is C29H30FN3O3S2. The number of nitrogens with zero attached hydrogens (tertiary/aromatic N) is 1. The first-order valence-corrected chi connectivity index (χ1v) is 14.3. The van der Waals surface area contributed by atoms with E-state index in [-0.39, 0.29) is 29.4 Å². The van der Waals surface area contributed by atoms with Crippen LogP contribution in [0.4, 0.5) is 10.1 Å². The average Bonchev–Trinajstić information content (AvgIpc) is 3.30. The van der Waals surface area contributed by atoms with Gasteiger partial charge < -0.3 is 15.4 Å². The summed E-state index contributed by atoms with van der Waals surface area (Å²) in [5, 5.41) is 5.76. The lowest BCUT2D eigenvalue weighted by Gasteiger charge is -2.14. The van der Waals surface area contributed by atoms with Crippen molar-refractivity contribution in [3.05, 3.63) is 83.7 Å². The molecule has 9 heteroatoms. The summed E-state index contributed by atoms with van der Waals surface area (Å²) in [7, 11) is 0. The third-order valence-corrected chi connectivity index (χ3v) is 8.01. The van der Waals surface area contributed by atoms with E-state index in [0.29, 0.717) is 11.4 Å². The minimum atomic E-state index is -0.638. The predicted octanol–water partition coefficient (Wildman–Crippen LogP) is 7.22. The van der Waals surface area contributed by atoms with Crippen LogP contribution in [0.2, 0.25) is 0 Å². The zero-order chi connectivity index (χ0) is 27.1. The van der Waals surface area contributed by atoms with E-state index in [9.17, 15) is 14.0 Å². The number of rotatable bonds is 11.